The summed E-state index contributed by atoms with van der Waals surface area (Å²) in [4.78, 5) is 12.4. The normalized spacial score (nSPS) is 11.0. The monoisotopic (exact) mass is 385 g/mol. The lowest BCUT2D eigenvalue weighted by Gasteiger charge is -2.05. The number of nitrogens with two attached hydrogens (primary N) is 1. The predicted octanol–water partition coefficient (Wildman–Crippen LogP) is 4.63. The van der Waals surface area contributed by atoms with Crippen LogP contribution in [0.15, 0.2) is 30.3 Å². The molecule has 0 fully saturated rings. The number of aromatic hydroxyl groups is 1. The van der Waals surface area contributed by atoms with Crippen LogP contribution in [-0.2, 0) is 0 Å². The molecule has 134 valence electrons. The quantitative estimate of drug-likeness (QED) is 0.299. The molecule has 0 unspecified atom stereocenters. The second-order valence-electron chi connectivity index (χ2n) is 5.23. The first-order valence-electron chi connectivity index (χ1n) is 6.96. The van der Waals surface area contributed by atoms with Gasteiger partial charge in [-0.3, -0.25) is 4.79 Å². The number of carbonyl (C=O) groups excluding carboxylic acids is 1. The Bertz CT molecular complexity index is 1050. The Morgan fingerprint density at radius 2 is 1.62 bits per heavy atom. The summed E-state index contributed by atoms with van der Waals surface area (Å²) >= 11 is 0.710. The molecule has 0 radical (unpaired) electrons. The Balaban J connectivity index is 2.04. The van der Waals surface area contributed by atoms with Crippen molar-refractivity contribution >= 4 is 22.8 Å². The number of benzene rings is 2. The fourth-order valence-electron chi connectivity index (χ4n) is 2.25. The summed E-state index contributed by atoms with van der Waals surface area (Å²) in [6, 6.07) is 4.46. The van der Waals surface area contributed by atoms with E-state index in [0.717, 1.165) is 6.07 Å². The zero-order chi connectivity index (χ0) is 19.2. The molecular formula is C17H8F5NO2S. The van der Waals surface area contributed by atoms with E-state index >= 15 is 0 Å². The Morgan fingerprint density at radius 1 is 0.923 bits per heavy atom. The van der Waals surface area contributed by atoms with Crippen molar-refractivity contribution in [3.63, 3.8) is 0 Å². The highest BCUT2D eigenvalue weighted by Crippen LogP contribution is 2.34. The van der Waals surface area contributed by atoms with Crippen molar-refractivity contribution in [1.82, 2.24) is 0 Å². The molecule has 2 aromatic carbocycles. The minimum atomic E-state index is -1.81. The third-order valence-corrected chi connectivity index (χ3v) is 4.68. The van der Waals surface area contributed by atoms with E-state index in [4.69, 9.17) is 5.73 Å². The maximum Gasteiger partial charge on any atom is 0.206 e. The SMILES string of the molecule is Nc1cc(-c2ccc(C(=O)c3cc(F)c(F)c(O)c3F)s2)c(F)cc1F. The summed E-state index contributed by atoms with van der Waals surface area (Å²) in [5.41, 5.74) is 4.12. The van der Waals surface area contributed by atoms with Gasteiger partial charge in [0.1, 0.15) is 11.6 Å². The van der Waals surface area contributed by atoms with Crippen molar-refractivity contribution in [3.8, 4) is 16.2 Å². The number of hydrogen-bond acceptors (Lipinski definition) is 4. The van der Waals surface area contributed by atoms with Crippen LogP contribution in [0.4, 0.5) is 27.6 Å². The molecule has 0 saturated carbocycles. The zero-order valence-corrected chi connectivity index (χ0v) is 13.4. The van der Waals surface area contributed by atoms with Gasteiger partial charge in [0.25, 0.3) is 0 Å². The van der Waals surface area contributed by atoms with E-state index in [1.165, 1.54) is 12.1 Å². The number of rotatable bonds is 3. The topological polar surface area (TPSA) is 63.3 Å². The molecule has 3 N–H and O–H groups in total. The number of phenolic OH excluding ortho intramolecular Hbond substituents is 1. The fourth-order valence-corrected chi connectivity index (χ4v) is 3.23. The van der Waals surface area contributed by atoms with Crippen LogP contribution < -0.4 is 5.73 Å². The maximum atomic E-state index is 13.9. The summed E-state index contributed by atoms with van der Waals surface area (Å²) < 4.78 is 67.5. The predicted molar refractivity (Wildman–Crippen MR) is 85.5 cm³/mol. The standard InChI is InChI=1S/C17H8F5NO2S/c18-8-5-9(19)11(23)4-6(8)12-1-2-13(26-12)16(24)7-3-10(20)15(22)17(25)14(7)21/h1-5,25H,23H2. The number of ketones is 1. The van der Waals surface area contributed by atoms with Crippen LogP contribution in [0.5, 0.6) is 5.75 Å². The van der Waals surface area contributed by atoms with E-state index in [0.29, 0.717) is 23.5 Å². The number of carbonyl (C=O) groups is 1. The number of phenols is 1. The smallest absolute Gasteiger partial charge is 0.206 e. The van der Waals surface area contributed by atoms with Crippen LogP contribution in [0, 0.1) is 29.1 Å². The van der Waals surface area contributed by atoms with Gasteiger partial charge >= 0.3 is 0 Å². The van der Waals surface area contributed by atoms with Gasteiger partial charge < -0.3 is 10.8 Å². The van der Waals surface area contributed by atoms with Gasteiger partial charge in [0.2, 0.25) is 11.6 Å². The third kappa shape index (κ3) is 2.90. The molecule has 3 nitrogen and oxygen atoms in total. The highest BCUT2D eigenvalue weighted by atomic mass is 32.1. The summed E-state index contributed by atoms with van der Waals surface area (Å²) in [7, 11) is 0. The van der Waals surface area contributed by atoms with E-state index in [1.54, 1.807) is 0 Å². The van der Waals surface area contributed by atoms with Crippen molar-refractivity contribution in [2.75, 3.05) is 5.73 Å². The van der Waals surface area contributed by atoms with Crippen molar-refractivity contribution in [2.24, 2.45) is 0 Å². The van der Waals surface area contributed by atoms with E-state index in [9.17, 15) is 31.9 Å². The van der Waals surface area contributed by atoms with E-state index in [1.807, 2.05) is 0 Å². The van der Waals surface area contributed by atoms with Crippen LogP contribution in [0.2, 0.25) is 0 Å². The third-order valence-electron chi connectivity index (χ3n) is 3.56. The molecule has 0 bridgehead atoms. The van der Waals surface area contributed by atoms with Crippen molar-refractivity contribution < 1.29 is 31.9 Å². The Labute approximate surface area is 147 Å². The van der Waals surface area contributed by atoms with Crippen LogP contribution in [-0.4, -0.2) is 10.9 Å². The van der Waals surface area contributed by atoms with Crippen molar-refractivity contribution in [1.29, 1.82) is 0 Å². The number of halogens is 5. The number of thiophene rings is 1. The molecule has 3 rings (SSSR count). The van der Waals surface area contributed by atoms with Gasteiger partial charge in [-0.1, -0.05) is 0 Å². The second kappa shape index (κ2) is 6.41. The fraction of sp³-hybridized carbons (Fsp3) is 0. The largest absolute Gasteiger partial charge is 0.503 e. The summed E-state index contributed by atoms with van der Waals surface area (Å²) in [6.45, 7) is 0. The Kier molecular flexibility index (Phi) is 4.41. The first-order valence-corrected chi connectivity index (χ1v) is 7.78. The van der Waals surface area contributed by atoms with Gasteiger partial charge in [0.15, 0.2) is 17.4 Å². The molecule has 1 heterocycles. The average Bonchev–Trinajstić information content (AvgIpc) is 3.08. The molecule has 0 aliphatic rings. The highest BCUT2D eigenvalue weighted by molar-refractivity contribution is 7.17. The molecule has 0 aliphatic carbocycles. The van der Waals surface area contributed by atoms with E-state index < -0.39 is 46.2 Å². The van der Waals surface area contributed by atoms with Crippen molar-refractivity contribution in [2.45, 2.75) is 0 Å². The second-order valence-corrected chi connectivity index (χ2v) is 6.31. The van der Waals surface area contributed by atoms with Gasteiger partial charge in [-0.25, -0.2) is 17.6 Å². The van der Waals surface area contributed by atoms with Crippen molar-refractivity contribution in [3.05, 3.63) is 69.9 Å². The lowest BCUT2D eigenvalue weighted by molar-refractivity contribution is 0.103. The average molecular weight is 385 g/mol. The minimum absolute atomic E-state index is 0.0819. The van der Waals surface area contributed by atoms with Gasteiger partial charge in [-0.05, 0) is 24.3 Å². The zero-order valence-electron chi connectivity index (χ0n) is 12.6. The Morgan fingerprint density at radius 3 is 2.31 bits per heavy atom. The number of anilines is 1. The van der Waals surface area contributed by atoms with E-state index in [2.05, 4.69) is 0 Å². The molecule has 0 aliphatic heterocycles. The molecular weight excluding hydrogens is 377 g/mol. The van der Waals surface area contributed by atoms with Crippen LogP contribution >= 0.6 is 11.3 Å². The molecule has 26 heavy (non-hydrogen) atoms. The molecule has 0 atom stereocenters. The lowest BCUT2D eigenvalue weighted by Crippen LogP contribution is -2.05. The first kappa shape index (κ1) is 17.9. The van der Waals surface area contributed by atoms with Gasteiger partial charge in [0.05, 0.1) is 16.1 Å². The van der Waals surface area contributed by atoms with Gasteiger partial charge in [0, 0.05) is 16.5 Å². The Hall–Kier alpha value is -2.94. The molecule has 3 aromatic rings. The minimum Gasteiger partial charge on any atom is -0.503 e. The molecule has 0 amide bonds. The van der Waals surface area contributed by atoms with E-state index in [-0.39, 0.29) is 21.0 Å². The molecule has 1 aromatic heterocycles. The molecule has 0 spiro atoms. The van der Waals surface area contributed by atoms with Gasteiger partial charge in [-0.15, -0.1) is 11.3 Å². The van der Waals surface area contributed by atoms with Crippen LogP contribution in [0.1, 0.15) is 15.2 Å². The summed E-state index contributed by atoms with van der Waals surface area (Å²) in [6.07, 6.45) is 0. The van der Waals surface area contributed by atoms with Crippen LogP contribution in [0.3, 0.4) is 0 Å². The summed E-state index contributed by atoms with van der Waals surface area (Å²) in [5.74, 6) is -9.53. The van der Waals surface area contributed by atoms with Crippen LogP contribution in [0.25, 0.3) is 10.4 Å². The van der Waals surface area contributed by atoms with Gasteiger partial charge in [-0.2, -0.15) is 4.39 Å². The first-order chi connectivity index (χ1) is 12.2. The number of nitrogen functional groups attached to an aromatic ring is 1. The summed E-state index contributed by atoms with van der Waals surface area (Å²) in [5, 5.41) is 9.20. The highest BCUT2D eigenvalue weighted by Gasteiger charge is 2.24. The maximum absolute atomic E-state index is 13.9. The number of hydrogen-bond donors (Lipinski definition) is 2. The lowest BCUT2D eigenvalue weighted by atomic mass is 10.1. The molecule has 0 saturated heterocycles. The molecule has 9 heteroatoms.